The number of nitrogens with zero attached hydrogens (tertiary/aromatic N) is 1. The molecule has 0 unspecified atom stereocenters. The first-order valence-corrected chi connectivity index (χ1v) is 9.91. The molecule has 1 aliphatic heterocycles. The Balaban J connectivity index is 2.35. The van der Waals surface area contributed by atoms with Crippen LogP contribution >= 0.6 is 31.9 Å². The van der Waals surface area contributed by atoms with E-state index in [0.717, 1.165) is 35.7 Å². The summed E-state index contributed by atoms with van der Waals surface area (Å²) in [6.45, 7) is 3.20. The normalized spacial score (nSPS) is 18.6. The standard InChI is InChI=1S/C14H19Br2NO2S/c1-11-9-13(16)14(10-12(11)15)20(18,19)17-7-5-3-2-4-6-8-17/h9-10H,2-8H2,1H3. The quantitative estimate of drug-likeness (QED) is 0.701. The van der Waals surface area contributed by atoms with Crippen molar-refractivity contribution in [3.63, 3.8) is 0 Å². The Labute approximate surface area is 138 Å². The van der Waals surface area contributed by atoms with Gasteiger partial charge in [0.1, 0.15) is 0 Å². The molecule has 112 valence electrons. The number of halogens is 2. The molecule has 1 heterocycles. The van der Waals surface area contributed by atoms with E-state index < -0.39 is 10.0 Å². The SMILES string of the molecule is Cc1cc(Br)c(S(=O)(=O)N2CCCCCCC2)cc1Br. The molecule has 0 radical (unpaired) electrons. The summed E-state index contributed by atoms with van der Waals surface area (Å²) in [5.74, 6) is 0. The van der Waals surface area contributed by atoms with Crippen LogP contribution in [0.25, 0.3) is 0 Å². The van der Waals surface area contributed by atoms with Crippen molar-refractivity contribution in [2.45, 2.75) is 43.9 Å². The van der Waals surface area contributed by atoms with E-state index in [1.807, 2.05) is 13.0 Å². The predicted molar refractivity (Wildman–Crippen MR) is 88.4 cm³/mol. The van der Waals surface area contributed by atoms with E-state index in [4.69, 9.17) is 0 Å². The summed E-state index contributed by atoms with van der Waals surface area (Å²) in [6, 6.07) is 3.55. The summed E-state index contributed by atoms with van der Waals surface area (Å²) < 4.78 is 28.7. The van der Waals surface area contributed by atoms with Crippen LogP contribution in [0.4, 0.5) is 0 Å². The minimum absolute atomic E-state index is 0.357. The molecule has 1 aromatic rings. The number of hydrogen-bond acceptors (Lipinski definition) is 2. The molecule has 0 aromatic heterocycles. The van der Waals surface area contributed by atoms with Crippen LogP contribution in [-0.4, -0.2) is 25.8 Å². The van der Waals surface area contributed by atoms with Gasteiger partial charge in [0, 0.05) is 22.0 Å². The Morgan fingerprint density at radius 1 is 0.950 bits per heavy atom. The average Bonchev–Trinajstić information content (AvgIpc) is 2.32. The Kier molecular flexibility index (Phi) is 5.68. The van der Waals surface area contributed by atoms with E-state index >= 15 is 0 Å². The van der Waals surface area contributed by atoms with Crippen LogP contribution in [0, 0.1) is 6.92 Å². The minimum atomic E-state index is -3.42. The lowest BCUT2D eigenvalue weighted by Gasteiger charge is -2.25. The Bertz CT molecular complexity index is 579. The van der Waals surface area contributed by atoms with Gasteiger partial charge in [-0.15, -0.1) is 0 Å². The lowest BCUT2D eigenvalue weighted by atomic mass is 10.1. The summed E-state index contributed by atoms with van der Waals surface area (Å²) in [7, 11) is -3.42. The second-order valence-electron chi connectivity index (χ2n) is 5.20. The summed E-state index contributed by atoms with van der Waals surface area (Å²) in [5.41, 5.74) is 1.02. The molecule has 0 spiro atoms. The van der Waals surface area contributed by atoms with Gasteiger partial charge in [0.2, 0.25) is 10.0 Å². The molecule has 1 fully saturated rings. The van der Waals surface area contributed by atoms with Crippen molar-refractivity contribution in [3.05, 3.63) is 26.6 Å². The highest BCUT2D eigenvalue weighted by Crippen LogP contribution is 2.31. The molecule has 1 aromatic carbocycles. The van der Waals surface area contributed by atoms with Gasteiger partial charge < -0.3 is 0 Å². The zero-order valence-electron chi connectivity index (χ0n) is 11.5. The lowest BCUT2D eigenvalue weighted by Crippen LogP contribution is -2.34. The Morgan fingerprint density at radius 2 is 1.50 bits per heavy atom. The third-order valence-corrected chi connectivity index (χ3v) is 7.36. The first-order chi connectivity index (χ1) is 9.43. The maximum atomic E-state index is 12.8. The van der Waals surface area contributed by atoms with Crippen molar-refractivity contribution in [1.82, 2.24) is 4.31 Å². The van der Waals surface area contributed by atoms with Crippen molar-refractivity contribution in [2.24, 2.45) is 0 Å². The molecule has 0 amide bonds. The molecule has 6 heteroatoms. The highest BCUT2D eigenvalue weighted by Gasteiger charge is 2.27. The van der Waals surface area contributed by atoms with Gasteiger partial charge in [-0.3, -0.25) is 0 Å². The fourth-order valence-electron chi connectivity index (χ4n) is 2.42. The number of aryl methyl sites for hydroxylation is 1. The van der Waals surface area contributed by atoms with E-state index in [-0.39, 0.29) is 0 Å². The van der Waals surface area contributed by atoms with Gasteiger partial charge in [-0.25, -0.2) is 8.42 Å². The van der Waals surface area contributed by atoms with Crippen molar-refractivity contribution in [3.8, 4) is 0 Å². The van der Waals surface area contributed by atoms with Gasteiger partial charge in [-0.2, -0.15) is 4.31 Å². The first kappa shape index (κ1) is 16.5. The second kappa shape index (κ2) is 6.90. The summed E-state index contributed by atoms with van der Waals surface area (Å²) in [6.07, 6.45) is 5.34. The Morgan fingerprint density at radius 3 is 2.10 bits per heavy atom. The van der Waals surface area contributed by atoms with Gasteiger partial charge in [0.15, 0.2) is 0 Å². The molecular formula is C14H19Br2NO2S. The number of benzene rings is 1. The van der Waals surface area contributed by atoms with E-state index in [9.17, 15) is 8.42 Å². The van der Waals surface area contributed by atoms with Gasteiger partial charge in [0.25, 0.3) is 0 Å². The predicted octanol–water partition coefficient (Wildman–Crippen LogP) is 4.47. The second-order valence-corrected chi connectivity index (χ2v) is 8.82. The number of rotatable bonds is 2. The van der Waals surface area contributed by atoms with E-state index in [2.05, 4.69) is 31.9 Å². The fourth-order valence-corrected chi connectivity index (χ4v) is 5.58. The van der Waals surface area contributed by atoms with Crippen LogP contribution in [0.2, 0.25) is 0 Å². The minimum Gasteiger partial charge on any atom is -0.207 e. The van der Waals surface area contributed by atoms with Crippen molar-refractivity contribution >= 4 is 41.9 Å². The largest absolute Gasteiger partial charge is 0.244 e. The average molecular weight is 425 g/mol. The monoisotopic (exact) mass is 423 g/mol. The number of hydrogen-bond donors (Lipinski definition) is 0. The van der Waals surface area contributed by atoms with E-state index in [1.165, 1.54) is 6.42 Å². The smallest absolute Gasteiger partial charge is 0.207 e. The highest BCUT2D eigenvalue weighted by atomic mass is 79.9. The number of sulfonamides is 1. The van der Waals surface area contributed by atoms with E-state index in [1.54, 1.807) is 10.4 Å². The van der Waals surface area contributed by atoms with Crippen molar-refractivity contribution in [1.29, 1.82) is 0 Å². The van der Waals surface area contributed by atoms with Gasteiger partial charge in [0.05, 0.1) is 4.90 Å². The first-order valence-electron chi connectivity index (χ1n) is 6.89. The Hall–Kier alpha value is 0.0900. The topological polar surface area (TPSA) is 37.4 Å². The van der Waals surface area contributed by atoms with Crippen LogP contribution in [0.15, 0.2) is 26.0 Å². The van der Waals surface area contributed by atoms with Gasteiger partial charge in [-0.1, -0.05) is 35.2 Å². The summed E-state index contributed by atoms with van der Waals surface area (Å²) in [5, 5.41) is 0. The molecule has 1 saturated heterocycles. The van der Waals surface area contributed by atoms with Crippen LogP contribution in [0.1, 0.15) is 37.7 Å². The molecule has 0 N–H and O–H groups in total. The lowest BCUT2D eigenvalue weighted by molar-refractivity contribution is 0.364. The van der Waals surface area contributed by atoms with Crippen LogP contribution in [-0.2, 0) is 10.0 Å². The maximum Gasteiger partial charge on any atom is 0.244 e. The van der Waals surface area contributed by atoms with Crippen LogP contribution in [0.5, 0.6) is 0 Å². The molecule has 3 nitrogen and oxygen atoms in total. The summed E-state index contributed by atoms with van der Waals surface area (Å²) in [4.78, 5) is 0.357. The third-order valence-electron chi connectivity index (χ3n) is 3.65. The van der Waals surface area contributed by atoms with Crippen molar-refractivity contribution < 1.29 is 8.42 Å². The molecular weight excluding hydrogens is 406 g/mol. The zero-order valence-corrected chi connectivity index (χ0v) is 15.5. The highest BCUT2D eigenvalue weighted by molar-refractivity contribution is 9.11. The molecule has 0 atom stereocenters. The molecule has 0 bridgehead atoms. The van der Waals surface area contributed by atoms with Gasteiger partial charge >= 0.3 is 0 Å². The van der Waals surface area contributed by atoms with Crippen molar-refractivity contribution in [2.75, 3.05) is 13.1 Å². The molecule has 0 aliphatic carbocycles. The third kappa shape index (κ3) is 3.64. The maximum absolute atomic E-state index is 12.8. The van der Waals surface area contributed by atoms with Crippen LogP contribution in [0.3, 0.4) is 0 Å². The molecule has 2 rings (SSSR count). The van der Waals surface area contributed by atoms with E-state index in [0.29, 0.717) is 22.5 Å². The molecule has 1 aliphatic rings. The molecule has 20 heavy (non-hydrogen) atoms. The summed E-state index contributed by atoms with van der Waals surface area (Å²) >= 11 is 6.81. The molecule has 0 saturated carbocycles. The van der Waals surface area contributed by atoms with Gasteiger partial charge in [-0.05, 0) is 53.4 Å². The van der Waals surface area contributed by atoms with Crippen LogP contribution < -0.4 is 0 Å². The zero-order chi connectivity index (χ0) is 14.8. The fraction of sp³-hybridized carbons (Fsp3) is 0.571.